The van der Waals surface area contributed by atoms with Gasteiger partial charge >= 0.3 is 0 Å². The third-order valence-electron chi connectivity index (χ3n) is 5.86. The number of hydrogen-bond acceptors (Lipinski definition) is 4. The summed E-state index contributed by atoms with van der Waals surface area (Å²) in [7, 11) is 1.66. The zero-order valence-corrected chi connectivity index (χ0v) is 17.8. The maximum absolute atomic E-state index is 12.6. The lowest BCUT2D eigenvalue weighted by Gasteiger charge is -2.29. The van der Waals surface area contributed by atoms with Crippen molar-refractivity contribution in [1.82, 2.24) is 0 Å². The molecule has 3 rings (SSSR count). The third kappa shape index (κ3) is 5.34. The number of nitrogens with one attached hydrogen (secondary N) is 3. The number of nitro groups is 1. The van der Waals surface area contributed by atoms with E-state index in [2.05, 4.69) is 17.4 Å². The number of ether oxygens (including phenoxy) is 1. The molecule has 1 fully saturated rings. The van der Waals surface area contributed by atoms with Crippen molar-refractivity contribution < 1.29 is 24.3 Å². The van der Waals surface area contributed by atoms with Gasteiger partial charge in [0.2, 0.25) is 0 Å². The number of methoxy groups -OCH3 is 1. The Bertz CT molecular complexity index is 906. The van der Waals surface area contributed by atoms with Gasteiger partial charge in [0.25, 0.3) is 11.6 Å². The van der Waals surface area contributed by atoms with E-state index in [1.54, 1.807) is 20.1 Å². The zero-order chi connectivity index (χ0) is 21.7. The molecule has 30 heavy (non-hydrogen) atoms. The summed E-state index contributed by atoms with van der Waals surface area (Å²) in [6, 6.07) is 11.3. The molecule has 1 saturated heterocycles. The summed E-state index contributed by atoms with van der Waals surface area (Å²) in [6.45, 7) is 8.72. The first kappa shape index (κ1) is 21.7. The predicted molar refractivity (Wildman–Crippen MR) is 114 cm³/mol. The van der Waals surface area contributed by atoms with Gasteiger partial charge in [-0.05, 0) is 49.2 Å². The Morgan fingerprint density at radius 1 is 1.07 bits per heavy atom. The quantitative estimate of drug-likeness (QED) is 0.444. The predicted octanol–water partition coefficient (Wildman–Crippen LogP) is 0.142. The van der Waals surface area contributed by atoms with E-state index in [9.17, 15) is 14.9 Å². The highest BCUT2D eigenvalue weighted by Crippen LogP contribution is 2.29. The van der Waals surface area contributed by atoms with Gasteiger partial charge < -0.3 is 19.9 Å². The fraction of sp³-hybridized carbons (Fsp3) is 0.409. The van der Waals surface area contributed by atoms with E-state index >= 15 is 0 Å². The molecule has 0 saturated carbocycles. The molecule has 160 valence electrons. The minimum atomic E-state index is -0.448. The number of carbonyl (C=O) groups is 1. The van der Waals surface area contributed by atoms with Gasteiger partial charge in [0, 0.05) is 11.6 Å². The first-order valence-electron chi connectivity index (χ1n) is 10.2. The number of hydrogen-bond donors (Lipinski definition) is 3. The Hall–Kier alpha value is -2.97. The summed E-state index contributed by atoms with van der Waals surface area (Å²) in [5.74, 6) is 0.679. The summed E-state index contributed by atoms with van der Waals surface area (Å²) in [5.41, 5.74) is 3.18. The molecule has 8 heteroatoms. The van der Waals surface area contributed by atoms with Crippen molar-refractivity contribution in [3.63, 3.8) is 0 Å². The zero-order valence-electron chi connectivity index (χ0n) is 17.8. The van der Waals surface area contributed by atoms with Crippen molar-refractivity contribution in [3.8, 4) is 5.75 Å². The van der Waals surface area contributed by atoms with Crippen molar-refractivity contribution in [2.24, 2.45) is 0 Å². The molecule has 0 radical (unpaired) electrons. The van der Waals surface area contributed by atoms with Gasteiger partial charge in [-0.1, -0.05) is 6.07 Å². The second kappa shape index (κ2) is 9.69. The molecule has 1 aliphatic rings. The third-order valence-corrected chi connectivity index (χ3v) is 5.86. The highest BCUT2D eigenvalue weighted by atomic mass is 16.6. The molecule has 1 aliphatic heterocycles. The summed E-state index contributed by atoms with van der Waals surface area (Å²) in [4.78, 5) is 26.2. The Labute approximate surface area is 176 Å². The van der Waals surface area contributed by atoms with Gasteiger partial charge in [-0.25, -0.2) is 0 Å². The molecule has 2 aromatic rings. The molecule has 8 nitrogen and oxygen atoms in total. The van der Waals surface area contributed by atoms with Crippen LogP contribution in [0, 0.1) is 24.0 Å². The van der Waals surface area contributed by atoms with E-state index in [0.29, 0.717) is 12.2 Å². The van der Waals surface area contributed by atoms with Crippen LogP contribution in [0.15, 0.2) is 36.4 Å². The Balaban J connectivity index is 1.52. The molecule has 0 aliphatic carbocycles. The van der Waals surface area contributed by atoms with Gasteiger partial charge in [-0.15, -0.1) is 0 Å². The van der Waals surface area contributed by atoms with Gasteiger partial charge in [-0.3, -0.25) is 14.9 Å². The van der Waals surface area contributed by atoms with Gasteiger partial charge in [0.1, 0.15) is 44.2 Å². The molecule has 0 spiro atoms. The number of aryl methyl sites for hydroxylation is 1. The minimum Gasteiger partial charge on any atom is -0.497 e. The van der Waals surface area contributed by atoms with E-state index in [-0.39, 0.29) is 11.6 Å². The van der Waals surface area contributed by atoms with Crippen LogP contribution < -0.4 is 19.9 Å². The highest BCUT2D eigenvalue weighted by molar-refractivity contribution is 5.95. The lowest BCUT2D eigenvalue weighted by molar-refractivity contribution is -1.02. The molecule has 3 N–H and O–H groups in total. The number of amides is 1. The topological polar surface area (TPSA) is 90.4 Å². The van der Waals surface area contributed by atoms with Crippen molar-refractivity contribution in [1.29, 1.82) is 0 Å². The van der Waals surface area contributed by atoms with Crippen LogP contribution in [0.25, 0.3) is 0 Å². The highest BCUT2D eigenvalue weighted by Gasteiger charge is 2.26. The number of benzene rings is 2. The van der Waals surface area contributed by atoms with Gasteiger partial charge in [-0.2, -0.15) is 0 Å². The van der Waals surface area contributed by atoms with Gasteiger partial charge in [0.15, 0.2) is 6.54 Å². The standard InChI is InChI=1S/C22H28N4O4/c1-16-4-9-20(26(28)29)22(17(16)2)23-21(27)15-25-12-10-24(11-13-25)14-18-5-7-19(30-3)8-6-18/h4-9H,10-15H2,1-3H3,(H,23,27)/p+2. The van der Waals surface area contributed by atoms with Crippen LogP contribution in [-0.2, 0) is 11.3 Å². The smallest absolute Gasteiger partial charge is 0.293 e. The summed E-state index contributed by atoms with van der Waals surface area (Å²) >= 11 is 0. The van der Waals surface area contributed by atoms with E-state index in [4.69, 9.17) is 4.74 Å². The Morgan fingerprint density at radius 2 is 1.70 bits per heavy atom. The summed E-state index contributed by atoms with van der Waals surface area (Å²) in [5, 5.41) is 14.1. The largest absolute Gasteiger partial charge is 0.497 e. The van der Waals surface area contributed by atoms with Crippen molar-refractivity contribution >= 4 is 17.3 Å². The molecule has 0 atom stereocenters. The van der Waals surface area contributed by atoms with E-state index in [0.717, 1.165) is 49.6 Å². The first-order valence-corrected chi connectivity index (χ1v) is 10.2. The van der Waals surface area contributed by atoms with E-state index in [1.807, 2.05) is 19.1 Å². The second-order valence-corrected chi connectivity index (χ2v) is 7.91. The van der Waals surface area contributed by atoms with Crippen molar-refractivity contribution in [2.75, 3.05) is 45.2 Å². The average Bonchev–Trinajstić information content (AvgIpc) is 2.73. The van der Waals surface area contributed by atoms with Crippen LogP contribution in [0.3, 0.4) is 0 Å². The first-order chi connectivity index (χ1) is 14.4. The number of rotatable bonds is 7. The minimum absolute atomic E-state index is 0.0600. The molecule has 2 aromatic carbocycles. The van der Waals surface area contributed by atoms with Crippen LogP contribution >= 0.6 is 0 Å². The molecule has 0 bridgehead atoms. The van der Waals surface area contributed by atoms with E-state index < -0.39 is 4.92 Å². The van der Waals surface area contributed by atoms with Crippen molar-refractivity contribution in [3.05, 3.63) is 63.2 Å². The van der Waals surface area contributed by atoms with E-state index in [1.165, 1.54) is 21.4 Å². The number of piperazine rings is 1. The maximum atomic E-state index is 12.6. The number of anilines is 1. The number of nitrogens with zero attached hydrogens (tertiary/aromatic N) is 1. The lowest BCUT2D eigenvalue weighted by Crippen LogP contribution is -3.28. The lowest BCUT2D eigenvalue weighted by atomic mass is 10.1. The molecule has 0 unspecified atom stereocenters. The normalized spacial score (nSPS) is 18.6. The molecule has 1 heterocycles. The van der Waals surface area contributed by atoms with Crippen LogP contribution in [-0.4, -0.2) is 50.7 Å². The fourth-order valence-corrected chi connectivity index (χ4v) is 3.86. The Kier molecular flexibility index (Phi) is 7.02. The van der Waals surface area contributed by atoms with Crippen LogP contribution in [0.4, 0.5) is 11.4 Å². The van der Waals surface area contributed by atoms with Crippen molar-refractivity contribution in [2.45, 2.75) is 20.4 Å². The average molecular weight is 415 g/mol. The van der Waals surface area contributed by atoms with Crippen LogP contribution in [0.1, 0.15) is 16.7 Å². The molecule has 0 aromatic heterocycles. The van der Waals surface area contributed by atoms with Crippen LogP contribution in [0.5, 0.6) is 5.75 Å². The number of quaternary nitrogens is 2. The maximum Gasteiger partial charge on any atom is 0.293 e. The second-order valence-electron chi connectivity index (χ2n) is 7.91. The monoisotopic (exact) mass is 414 g/mol. The Morgan fingerprint density at radius 3 is 2.30 bits per heavy atom. The van der Waals surface area contributed by atoms with Gasteiger partial charge in [0.05, 0.1) is 12.0 Å². The SMILES string of the molecule is COc1ccc(C[NH+]2CC[NH+](CC(=O)Nc3c([N+](=O)[O-])ccc(C)c3C)CC2)cc1. The number of carbonyl (C=O) groups excluding carboxylic acids is 1. The molecule has 1 amide bonds. The number of nitro benzene ring substituents is 1. The molecular formula is C22H30N4O4+2. The fourth-order valence-electron chi connectivity index (χ4n) is 3.86. The summed E-state index contributed by atoms with van der Waals surface area (Å²) in [6.07, 6.45) is 0. The molecular weight excluding hydrogens is 384 g/mol. The van der Waals surface area contributed by atoms with Crippen LogP contribution in [0.2, 0.25) is 0 Å². The summed E-state index contributed by atoms with van der Waals surface area (Å²) < 4.78 is 5.20.